The third-order valence-electron chi connectivity index (χ3n) is 3.96. The predicted octanol–water partition coefficient (Wildman–Crippen LogP) is 6.18. The van der Waals surface area contributed by atoms with Crippen LogP contribution in [0.1, 0.15) is 39.0 Å². The Kier molecular flexibility index (Phi) is 6.39. The lowest BCUT2D eigenvalue weighted by Gasteiger charge is -2.06. The molecule has 3 rings (SSSR count). The molecule has 132 valence electrons. The van der Waals surface area contributed by atoms with Crippen LogP contribution >= 0.6 is 11.3 Å². The Hall–Kier alpha value is -2.65. The summed E-state index contributed by atoms with van der Waals surface area (Å²) in [5, 5.41) is 0. The van der Waals surface area contributed by atoms with Crippen molar-refractivity contribution in [2.24, 2.45) is 0 Å². The molecular weight excluding hydrogens is 340 g/mol. The Balaban J connectivity index is 1.56. The molecule has 0 spiro atoms. The molecule has 0 aliphatic carbocycles. The van der Waals surface area contributed by atoms with Crippen molar-refractivity contribution >= 4 is 23.2 Å². The van der Waals surface area contributed by atoms with Crippen molar-refractivity contribution in [2.45, 2.75) is 26.4 Å². The van der Waals surface area contributed by atoms with Gasteiger partial charge in [0.1, 0.15) is 12.4 Å². The SMILES string of the molecule is CCCc1ccc(C(=O)/C=C/c2ccc(OCc3ccccc3)cc2)s1. The summed E-state index contributed by atoms with van der Waals surface area (Å²) in [4.78, 5) is 14.3. The topological polar surface area (TPSA) is 26.3 Å². The van der Waals surface area contributed by atoms with Gasteiger partial charge in [-0.25, -0.2) is 0 Å². The van der Waals surface area contributed by atoms with E-state index in [9.17, 15) is 4.79 Å². The van der Waals surface area contributed by atoms with Crippen molar-refractivity contribution < 1.29 is 9.53 Å². The lowest BCUT2D eigenvalue weighted by molar-refractivity contribution is 0.105. The fraction of sp³-hybridized carbons (Fsp3) is 0.174. The second-order valence-electron chi connectivity index (χ2n) is 6.06. The molecule has 0 atom stereocenters. The molecule has 2 nitrogen and oxygen atoms in total. The van der Waals surface area contributed by atoms with Gasteiger partial charge >= 0.3 is 0 Å². The molecule has 0 amide bonds. The number of hydrogen-bond donors (Lipinski definition) is 0. The summed E-state index contributed by atoms with van der Waals surface area (Å²) in [6, 6.07) is 21.8. The van der Waals surface area contributed by atoms with Gasteiger partial charge in [0.15, 0.2) is 5.78 Å². The fourth-order valence-corrected chi connectivity index (χ4v) is 3.59. The lowest BCUT2D eigenvalue weighted by atomic mass is 10.2. The molecule has 0 aliphatic rings. The fourth-order valence-electron chi connectivity index (χ4n) is 2.56. The molecule has 2 aromatic carbocycles. The van der Waals surface area contributed by atoms with Crippen LogP contribution in [0, 0.1) is 0 Å². The monoisotopic (exact) mass is 362 g/mol. The van der Waals surface area contributed by atoms with Crippen molar-refractivity contribution in [2.75, 3.05) is 0 Å². The van der Waals surface area contributed by atoms with Gasteiger partial charge in [-0.15, -0.1) is 11.3 Å². The number of rotatable bonds is 8. The summed E-state index contributed by atoms with van der Waals surface area (Å²) in [5.41, 5.74) is 2.12. The van der Waals surface area contributed by atoms with Crippen LogP contribution in [0.3, 0.4) is 0 Å². The van der Waals surface area contributed by atoms with Crippen molar-refractivity contribution in [1.82, 2.24) is 0 Å². The van der Waals surface area contributed by atoms with Gasteiger partial charge in [0.25, 0.3) is 0 Å². The molecule has 1 heterocycles. The zero-order valence-electron chi connectivity index (χ0n) is 14.9. The van der Waals surface area contributed by atoms with E-state index >= 15 is 0 Å². The van der Waals surface area contributed by atoms with E-state index in [2.05, 4.69) is 6.92 Å². The number of hydrogen-bond acceptors (Lipinski definition) is 3. The molecule has 0 saturated carbocycles. The maximum absolute atomic E-state index is 12.3. The van der Waals surface area contributed by atoms with Gasteiger partial charge in [-0.2, -0.15) is 0 Å². The first-order chi connectivity index (χ1) is 12.7. The second-order valence-corrected chi connectivity index (χ2v) is 7.23. The normalized spacial score (nSPS) is 11.0. The zero-order chi connectivity index (χ0) is 18.2. The molecule has 1 aromatic heterocycles. The average molecular weight is 362 g/mol. The minimum Gasteiger partial charge on any atom is -0.489 e. The lowest BCUT2D eigenvalue weighted by Crippen LogP contribution is -1.94. The molecule has 0 fully saturated rings. The molecule has 3 aromatic rings. The van der Waals surface area contributed by atoms with Crippen molar-refractivity contribution in [3.05, 3.63) is 93.7 Å². The number of carbonyl (C=O) groups excluding carboxylic acids is 1. The molecule has 0 bridgehead atoms. The first-order valence-electron chi connectivity index (χ1n) is 8.82. The number of ether oxygens (including phenoxy) is 1. The van der Waals surface area contributed by atoms with Crippen LogP contribution in [0.5, 0.6) is 5.75 Å². The predicted molar refractivity (Wildman–Crippen MR) is 109 cm³/mol. The smallest absolute Gasteiger partial charge is 0.195 e. The molecule has 0 radical (unpaired) electrons. The van der Waals surface area contributed by atoms with Gasteiger partial charge in [0, 0.05) is 4.88 Å². The first-order valence-corrected chi connectivity index (χ1v) is 9.64. The van der Waals surface area contributed by atoms with Crippen LogP contribution in [0.2, 0.25) is 0 Å². The quantitative estimate of drug-likeness (QED) is 0.353. The van der Waals surface area contributed by atoms with Gasteiger partial charge in [-0.05, 0) is 47.9 Å². The Morgan fingerprint density at radius 2 is 1.77 bits per heavy atom. The third kappa shape index (κ3) is 5.17. The van der Waals surface area contributed by atoms with Crippen LogP contribution < -0.4 is 4.74 Å². The number of ketones is 1. The minimum atomic E-state index is 0.0572. The second kappa shape index (κ2) is 9.16. The average Bonchev–Trinajstić information content (AvgIpc) is 3.15. The summed E-state index contributed by atoms with van der Waals surface area (Å²) in [6.45, 7) is 2.70. The van der Waals surface area contributed by atoms with Crippen LogP contribution in [0.25, 0.3) is 6.08 Å². The number of allylic oxidation sites excluding steroid dienone is 1. The first kappa shape index (κ1) is 18.2. The van der Waals surface area contributed by atoms with Crippen molar-refractivity contribution in [3.63, 3.8) is 0 Å². The largest absolute Gasteiger partial charge is 0.489 e. The summed E-state index contributed by atoms with van der Waals surface area (Å²) in [5.74, 6) is 0.876. The van der Waals surface area contributed by atoms with Gasteiger partial charge in [-0.1, -0.05) is 61.9 Å². The zero-order valence-corrected chi connectivity index (χ0v) is 15.7. The van der Waals surface area contributed by atoms with Crippen molar-refractivity contribution in [1.29, 1.82) is 0 Å². The Morgan fingerprint density at radius 3 is 2.50 bits per heavy atom. The standard InChI is InChI=1S/C23H22O2S/c1-2-6-21-14-16-23(26-21)22(24)15-11-18-9-12-20(13-10-18)25-17-19-7-4-3-5-8-19/h3-5,7-16H,2,6,17H2,1H3/b15-11+. The highest BCUT2D eigenvalue weighted by atomic mass is 32.1. The van der Waals surface area contributed by atoms with Gasteiger partial charge < -0.3 is 4.74 Å². The van der Waals surface area contributed by atoms with Gasteiger partial charge in [0.05, 0.1) is 4.88 Å². The number of carbonyl (C=O) groups is 1. The van der Waals surface area contributed by atoms with Gasteiger partial charge in [0.2, 0.25) is 0 Å². The maximum Gasteiger partial charge on any atom is 0.195 e. The van der Waals surface area contributed by atoms with E-state index in [1.54, 1.807) is 17.4 Å². The van der Waals surface area contributed by atoms with Crippen molar-refractivity contribution in [3.8, 4) is 5.75 Å². The van der Waals surface area contributed by atoms with E-state index in [0.29, 0.717) is 6.61 Å². The summed E-state index contributed by atoms with van der Waals surface area (Å²) >= 11 is 1.59. The van der Waals surface area contributed by atoms with E-state index in [4.69, 9.17) is 4.74 Å². The molecule has 3 heteroatoms. The van der Waals surface area contributed by atoms with E-state index in [1.165, 1.54) is 4.88 Å². The summed E-state index contributed by atoms with van der Waals surface area (Å²) < 4.78 is 5.78. The maximum atomic E-state index is 12.3. The Bertz CT molecular complexity index is 861. The van der Waals surface area contributed by atoms with Crippen LogP contribution in [-0.2, 0) is 13.0 Å². The molecule has 0 N–H and O–H groups in total. The summed E-state index contributed by atoms with van der Waals surface area (Å²) in [7, 11) is 0. The number of benzene rings is 2. The summed E-state index contributed by atoms with van der Waals surface area (Å²) in [6.07, 6.45) is 5.62. The highest BCUT2D eigenvalue weighted by molar-refractivity contribution is 7.14. The molecule has 26 heavy (non-hydrogen) atoms. The number of thiophene rings is 1. The minimum absolute atomic E-state index is 0.0572. The molecular formula is C23H22O2S. The number of aryl methyl sites for hydroxylation is 1. The Labute approximate surface area is 158 Å². The van der Waals surface area contributed by atoms with Crippen LogP contribution in [0.15, 0.2) is 72.8 Å². The van der Waals surface area contributed by atoms with Crippen LogP contribution in [-0.4, -0.2) is 5.78 Å². The molecule has 0 saturated heterocycles. The van der Waals surface area contributed by atoms with Gasteiger partial charge in [-0.3, -0.25) is 4.79 Å². The highest BCUT2D eigenvalue weighted by Crippen LogP contribution is 2.20. The van der Waals surface area contributed by atoms with E-state index in [1.807, 2.05) is 72.8 Å². The van der Waals surface area contributed by atoms with E-state index < -0.39 is 0 Å². The Morgan fingerprint density at radius 1 is 1.00 bits per heavy atom. The molecule has 0 aliphatic heterocycles. The van der Waals surface area contributed by atoms with E-state index in [-0.39, 0.29) is 5.78 Å². The van der Waals surface area contributed by atoms with Crippen LogP contribution in [0.4, 0.5) is 0 Å². The van der Waals surface area contributed by atoms with E-state index in [0.717, 1.165) is 34.6 Å². The molecule has 0 unspecified atom stereocenters. The third-order valence-corrected chi connectivity index (χ3v) is 5.12. The highest BCUT2D eigenvalue weighted by Gasteiger charge is 2.05.